The first-order valence-corrected chi connectivity index (χ1v) is 8.35. The van der Waals surface area contributed by atoms with Crippen LogP contribution in [-0.4, -0.2) is 29.8 Å². The second-order valence-electron chi connectivity index (χ2n) is 6.49. The average Bonchev–Trinajstić information content (AvgIpc) is 2.60. The Bertz CT molecular complexity index is 757. The maximum Gasteiger partial charge on any atom is 0.422 e. The standard InChI is InChI=1S/C20H17F3O4/c21-20(22,23)11-27-19(26)17-14(12-7-3-1-4-8-12)16(18(24)25)15(17)13-9-5-2-6-10-13/h1-10,14-17H,11H2,(H,24,25)/t14-,15-,16?,17?/m0/s1. The Morgan fingerprint density at radius 3 is 1.67 bits per heavy atom. The molecule has 1 fully saturated rings. The summed E-state index contributed by atoms with van der Waals surface area (Å²) in [6, 6.07) is 17.0. The monoisotopic (exact) mass is 378 g/mol. The normalized spacial score (nSPS) is 24.7. The Balaban J connectivity index is 1.97. The SMILES string of the molecule is O=C(O)C1[C@H](c2ccccc2)C(C(=O)OCC(F)(F)F)[C@H]1c1ccccc1. The van der Waals surface area contributed by atoms with Crippen LogP contribution in [0.1, 0.15) is 23.0 Å². The molecule has 4 nitrogen and oxygen atoms in total. The van der Waals surface area contributed by atoms with E-state index in [1.165, 1.54) is 0 Å². The molecule has 1 N–H and O–H groups in total. The maximum atomic E-state index is 12.5. The van der Waals surface area contributed by atoms with Gasteiger partial charge in [-0.2, -0.15) is 13.2 Å². The first-order chi connectivity index (χ1) is 12.8. The minimum absolute atomic E-state index is 0.589. The van der Waals surface area contributed by atoms with Gasteiger partial charge < -0.3 is 9.84 Å². The van der Waals surface area contributed by atoms with Gasteiger partial charge in [-0.3, -0.25) is 9.59 Å². The van der Waals surface area contributed by atoms with Crippen molar-refractivity contribution in [1.29, 1.82) is 0 Å². The van der Waals surface area contributed by atoms with E-state index in [4.69, 9.17) is 0 Å². The molecule has 0 saturated heterocycles. The van der Waals surface area contributed by atoms with E-state index in [9.17, 15) is 27.9 Å². The van der Waals surface area contributed by atoms with Crippen LogP contribution in [0.15, 0.2) is 60.7 Å². The van der Waals surface area contributed by atoms with Gasteiger partial charge in [0, 0.05) is 11.8 Å². The largest absolute Gasteiger partial charge is 0.481 e. The molecular weight excluding hydrogens is 361 g/mol. The number of hydrogen-bond donors (Lipinski definition) is 1. The van der Waals surface area contributed by atoms with Crippen LogP contribution in [0.5, 0.6) is 0 Å². The highest BCUT2D eigenvalue weighted by Crippen LogP contribution is 2.58. The highest BCUT2D eigenvalue weighted by molar-refractivity contribution is 5.84. The summed E-state index contributed by atoms with van der Waals surface area (Å²) in [5.74, 6) is -5.58. The molecule has 0 aromatic heterocycles. The lowest BCUT2D eigenvalue weighted by Crippen LogP contribution is -2.51. The van der Waals surface area contributed by atoms with Crippen LogP contribution in [0.4, 0.5) is 13.2 Å². The van der Waals surface area contributed by atoms with Crippen LogP contribution < -0.4 is 0 Å². The molecule has 0 spiro atoms. The Kier molecular flexibility index (Phi) is 5.21. The number of carbonyl (C=O) groups excluding carboxylic acids is 1. The minimum atomic E-state index is -4.64. The number of carbonyl (C=O) groups is 2. The maximum absolute atomic E-state index is 12.5. The number of esters is 1. The Labute approximate surface area is 153 Å². The third kappa shape index (κ3) is 3.97. The zero-order valence-electron chi connectivity index (χ0n) is 14.1. The highest BCUT2D eigenvalue weighted by Gasteiger charge is 2.59. The fourth-order valence-electron chi connectivity index (χ4n) is 3.78. The second kappa shape index (κ2) is 7.42. The van der Waals surface area contributed by atoms with Gasteiger partial charge in [-0.1, -0.05) is 60.7 Å². The molecule has 0 bridgehead atoms. The number of carboxylic acids is 1. The summed E-state index contributed by atoms with van der Waals surface area (Å²) in [6.07, 6.45) is -4.64. The highest BCUT2D eigenvalue weighted by atomic mass is 19.4. The Hall–Kier alpha value is -2.83. The van der Waals surface area contributed by atoms with Crippen molar-refractivity contribution in [3.05, 3.63) is 71.8 Å². The van der Waals surface area contributed by atoms with Gasteiger partial charge in [-0.05, 0) is 11.1 Å². The molecule has 0 radical (unpaired) electrons. The van der Waals surface area contributed by atoms with Crippen molar-refractivity contribution in [2.45, 2.75) is 18.0 Å². The summed E-state index contributed by atoms with van der Waals surface area (Å²) in [4.78, 5) is 24.4. The zero-order chi connectivity index (χ0) is 19.6. The molecule has 1 aliphatic rings. The summed E-state index contributed by atoms with van der Waals surface area (Å²) >= 11 is 0. The van der Waals surface area contributed by atoms with E-state index in [0.717, 1.165) is 0 Å². The molecule has 0 unspecified atom stereocenters. The Morgan fingerprint density at radius 1 is 0.852 bits per heavy atom. The molecule has 7 heteroatoms. The molecule has 0 heterocycles. The molecule has 27 heavy (non-hydrogen) atoms. The number of alkyl halides is 3. The van der Waals surface area contributed by atoms with Crippen molar-refractivity contribution < 1.29 is 32.6 Å². The van der Waals surface area contributed by atoms with Crippen LogP contribution in [0, 0.1) is 11.8 Å². The summed E-state index contributed by atoms with van der Waals surface area (Å²) < 4.78 is 41.9. The van der Waals surface area contributed by atoms with Crippen LogP contribution in [0.2, 0.25) is 0 Å². The van der Waals surface area contributed by atoms with Crippen molar-refractivity contribution in [3.63, 3.8) is 0 Å². The topological polar surface area (TPSA) is 63.6 Å². The van der Waals surface area contributed by atoms with Gasteiger partial charge in [0.25, 0.3) is 0 Å². The van der Waals surface area contributed by atoms with E-state index in [-0.39, 0.29) is 0 Å². The predicted molar refractivity (Wildman–Crippen MR) is 90.0 cm³/mol. The third-order valence-corrected chi connectivity index (χ3v) is 4.85. The quantitative estimate of drug-likeness (QED) is 0.799. The van der Waals surface area contributed by atoms with Gasteiger partial charge >= 0.3 is 18.1 Å². The van der Waals surface area contributed by atoms with Gasteiger partial charge in [-0.25, -0.2) is 0 Å². The zero-order valence-corrected chi connectivity index (χ0v) is 14.1. The molecule has 2 aromatic carbocycles. The number of halogens is 3. The van der Waals surface area contributed by atoms with E-state index in [1.54, 1.807) is 60.7 Å². The average molecular weight is 378 g/mol. The Morgan fingerprint density at radius 2 is 1.30 bits per heavy atom. The van der Waals surface area contributed by atoms with Gasteiger partial charge in [-0.15, -0.1) is 0 Å². The minimum Gasteiger partial charge on any atom is -0.481 e. The predicted octanol–water partition coefficient (Wildman–Crippen LogP) is 3.99. The van der Waals surface area contributed by atoms with E-state index < -0.39 is 48.4 Å². The van der Waals surface area contributed by atoms with Gasteiger partial charge in [0.2, 0.25) is 0 Å². The summed E-state index contributed by atoms with van der Waals surface area (Å²) in [5.41, 5.74) is 1.18. The third-order valence-electron chi connectivity index (χ3n) is 4.85. The molecule has 2 atom stereocenters. The van der Waals surface area contributed by atoms with Crippen molar-refractivity contribution in [2.24, 2.45) is 11.8 Å². The fourth-order valence-corrected chi connectivity index (χ4v) is 3.78. The smallest absolute Gasteiger partial charge is 0.422 e. The molecule has 1 saturated carbocycles. The number of aliphatic carboxylic acids is 1. The first kappa shape index (κ1) is 18.9. The van der Waals surface area contributed by atoms with E-state index >= 15 is 0 Å². The van der Waals surface area contributed by atoms with Gasteiger partial charge in [0.15, 0.2) is 6.61 Å². The number of hydrogen-bond acceptors (Lipinski definition) is 3. The summed E-state index contributed by atoms with van der Waals surface area (Å²) in [7, 11) is 0. The van der Waals surface area contributed by atoms with Crippen LogP contribution in [0.25, 0.3) is 0 Å². The van der Waals surface area contributed by atoms with Crippen molar-refractivity contribution in [3.8, 4) is 0 Å². The van der Waals surface area contributed by atoms with Gasteiger partial charge in [0.05, 0.1) is 11.8 Å². The number of carboxylic acid groups (broad SMARTS) is 1. The second-order valence-corrected chi connectivity index (χ2v) is 6.49. The molecule has 2 aromatic rings. The molecule has 3 rings (SSSR count). The first-order valence-electron chi connectivity index (χ1n) is 8.35. The van der Waals surface area contributed by atoms with Crippen molar-refractivity contribution in [1.82, 2.24) is 0 Å². The van der Waals surface area contributed by atoms with Crippen LogP contribution in [0.3, 0.4) is 0 Å². The molecule has 0 aliphatic heterocycles. The van der Waals surface area contributed by atoms with Crippen LogP contribution >= 0.6 is 0 Å². The number of rotatable bonds is 5. The lowest BCUT2D eigenvalue weighted by molar-refractivity contribution is -0.195. The summed E-state index contributed by atoms with van der Waals surface area (Å²) in [5, 5.41) is 9.72. The lowest BCUT2D eigenvalue weighted by Gasteiger charge is -2.49. The van der Waals surface area contributed by atoms with Gasteiger partial charge in [0.1, 0.15) is 0 Å². The number of ether oxygens (including phenoxy) is 1. The molecule has 0 amide bonds. The number of benzene rings is 2. The van der Waals surface area contributed by atoms with E-state index in [1.807, 2.05) is 0 Å². The van der Waals surface area contributed by atoms with E-state index in [2.05, 4.69) is 4.74 Å². The fraction of sp³-hybridized carbons (Fsp3) is 0.300. The summed E-state index contributed by atoms with van der Waals surface area (Å²) in [6.45, 7) is -1.69. The molecule has 142 valence electrons. The van der Waals surface area contributed by atoms with E-state index in [0.29, 0.717) is 11.1 Å². The van der Waals surface area contributed by atoms with Crippen molar-refractivity contribution >= 4 is 11.9 Å². The lowest BCUT2D eigenvalue weighted by atomic mass is 9.52. The molecule has 1 aliphatic carbocycles. The van der Waals surface area contributed by atoms with Crippen LogP contribution in [-0.2, 0) is 14.3 Å². The van der Waals surface area contributed by atoms with Crippen molar-refractivity contribution in [2.75, 3.05) is 6.61 Å². The molecular formula is C20H17F3O4.